The number of rotatable bonds is 4. The average molecular weight is 372 g/mol. The van der Waals surface area contributed by atoms with Gasteiger partial charge >= 0.3 is 6.03 Å². The van der Waals surface area contributed by atoms with Gasteiger partial charge in [0, 0.05) is 24.7 Å². The molecule has 3 rings (SSSR count). The van der Waals surface area contributed by atoms with Gasteiger partial charge in [0.1, 0.15) is 0 Å². The normalized spacial score (nSPS) is 36.6. The lowest BCUT2D eigenvalue weighted by molar-refractivity contribution is 0.0894. The summed E-state index contributed by atoms with van der Waals surface area (Å²) in [4.78, 5) is 12.6. The highest BCUT2D eigenvalue weighted by Crippen LogP contribution is 2.45. The summed E-state index contributed by atoms with van der Waals surface area (Å²) in [7, 11) is -3.19. The van der Waals surface area contributed by atoms with Gasteiger partial charge < -0.3 is 10.6 Å². The summed E-state index contributed by atoms with van der Waals surface area (Å²) >= 11 is 0. The minimum Gasteiger partial charge on any atom is -0.334 e. The van der Waals surface area contributed by atoms with Crippen molar-refractivity contribution in [2.45, 2.75) is 76.3 Å². The van der Waals surface area contributed by atoms with Gasteiger partial charge in [0.2, 0.25) is 10.0 Å². The van der Waals surface area contributed by atoms with Gasteiger partial charge in [-0.1, -0.05) is 26.2 Å². The van der Waals surface area contributed by atoms with Crippen LogP contribution in [-0.4, -0.2) is 49.7 Å². The second-order valence-electron chi connectivity index (χ2n) is 8.50. The van der Waals surface area contributed by atoms with Crippen molar-refractivity contribution in [2.24, 2.45) is 11.8 Å². The van der Waals surface area contributed by atoms with Crippen LogP contribution in [0.5, 0.6) is 0 Å². The van der Waals surface area contributed by atoms with Gasteiger partial charge in [-0.15, -0.1) is 0 Å². The highest BCUT2D eigenvalue weighted by Gasteiger charge is 2.42. The zero-order valence-electron chi connectivity index (χ0n) is 15.6. The second-order valence-corrected chi connectivity index (χ2v) is 10.5. The van der Waals surface area contributed by atoms with Crippen molar-refractivity contribution in [1.82, 2.24) is 14.9 Å². The number of fused-ring (bicyclic) bond motifs is 2. The first-order valence-electron chi connectivity index (χ1n) is 9.83. The molecule has 7 heteroatoms. The molecule has 0 spiro atoms. The predicted octanol–water partition coefficient (Wildman–Crippen LogP) is 2.46. The summed E-state index contributed by atoms with van der Waals surface area (Å²) in [6, 6.07) is -0.220. The molecule has 3 aliphatic rings. The molecule has 2 amide bonds. The number of carbonyl (C=O) groups is 1. The van der Waals surface area contributed by atoms with Crippen LogP contribution in [0, 0.1) is 11.8 Å². The van der Waals surface area contributed by atoms with Gasteiger partial charge in [-0.2, -0.15) is 0 Å². The number of amides is 2. The van der Waals surface area contributed by atoms with Gasteiger partial charge in [0.05, 0.1) is 6.26 Å². The van der Waals surface area contributed by atoms with Crippen LogP contribution in [0.2, 0.25) is 0 Å². The quantitative estimate of drug-likeness (QED) is 0.797. The Labute approximate surface area is 152 Å². The predicted molar refractivity (Wildman–Crippen MR) is 98.8 cm³/mol. The molecular weight excluding hydrogens is 338 g/mol. The lowest BCUT2D eigenvalue weighted by Gasteiger charge is -2.47. The molecule has 25 heavy (non-hydrogen) atoms. The largest absolute Gasteiger partial charge is 0.334 e. The Hall–Kier alpha value is -0.820. The topological polar surface area (TPSA) is 78.5 Å². The molecule has 2 bridgehead atoms. The van der Waals surface area contributed by atoms with Crippen LogP contribution in [0.1, 0.15) is 64.7 Å². The summed E-state index contributed by atoms with van der Waals surface area (Å²) in [5.41, 5.74) is -0.0801. The lowest BCUT2D eigenvalue weighted by atomic mass is 9.64. The molecule has 0 aromatic heterocycles. The molecular formula is C18H33N3O3S. The van der Waals surface area contributed by atoms with Gasteiger partial charge in [-0.25, -0.2) is 17.5 Å². The van der Waals surface area contributed by atoms with E-state index in [-0.39, 0.29) is 17.6 Å². The number of carbonyl (C=O) groups excluding carboxylic acids is 1. The van der Waals surface area contributed by atoms with Crippen molar-refractivity contribution in [3.63, 3.8) is 0 Å². The standard InChI is InChI=1S/C18H33N3O3S/c1-3-18(11-14-6-4-7-15(10-14)12-18)20-17(22)19-16-8-5-9-21(13-16)25(2,23)24/h14-16H,3-13H2,1-2H3,(H2,19,20,22). The smallest absolute Gasteiger partial charge is 0.315 e. The summed E-state index contributed by atoms with van der Waals surface area (Å²) in [5, 5.41) is 6.33. The van der Waals surface area contributed by atoms with E-state index in [0.717, 1.165) is 43.9 Å². The van der Waals surface area contributed by atoms with Crippen LogP contribution < -0.4 is 10.6 Å². The number of nitrogens with one attached hydrogen (secondary N) is 2. The molecule has 1 saturated heterocycles. The second kappa shape index (κ2) is 7.43. The van der Waals surface area contributed by atoms with Crippen LogP contribution >= 0.6 is 0 Å². The van der Waals surface area contributed by atoms with Crippen LogP contribution in [0.25, 0.3) is 0 Å². The van der Waals surface area contributed by atoms with Crippen molar-refractivity contribution in [3.8, 4) is 0 Å². The molecule has 6 nitrogen and oxygen atoms in total. The van der Waals surface area contributed by atoms with Crippen LogP contribution in [-0.2, 0) is 10.0 Å². The molecule has 3 unspecified atom stereocenters. The number of hydrogen-bond donors (Lipinski definition) is 2. The molecule has 144 valence electrons. The number of nitrogens with zero attached hydrogens (tertiary/aromatic N) is 1. The summed E-state index contributed by atoms with van der Waals surface area (Å²) in [5.74, 6) is 1.51. The van der Waals surface area contributed by atoms with Crippen LogP contribution in [0.4, 0.5) is 4.79 Å². The van der Waals surface area contributed by atoms with E-state index in [0.29, 0.717) is 13.1 Å². The molecule has 0 aromatic rings. The summed E-state index contributed by atoms with van der Waals surface area (Å²) < 4.78 is 25.0. The van der Waals surface area contributed by atoms with E-state index < -0.39 is 10.0 Å². The Balaban J connectivity index is 1.57. The minimum absolute atomic E-state index is 0.0801. The molecule has 1 aliphatic heterocycles. The van der Waals surface area contributed by atoms with Crippen molar-refractivity contribution in [3.05, 3.63) is 0 Å². The molecule has 3 fully saturated rings. The molecule has 2 aliphatic carbocycles. The summed E-state index contributed by atoms with van der Waals surface area (Å²) in [6.07, 6.45) is 11.3. The van der Waals surface area contributed by atoms with E-state index >= 15 is 0 Å². The van der Waals surface area contributed by atoms with Gasteiger partial charge in [-0.05, 0) is 50.4 Å². The fourth-order valence-electron chi connectivity index (χ4n) is 5.26. The van der Waals surface area contributed by atoms with E-state index in [1.165, 1.54) is 36.2 Å². The number of sulfonamides is 1. The molecule has 2 saturated carbocycles. The molecule has 0 radical (unpaired) electrons. The average Bonchev–Trinajstić information content (AvgIpc) is 2.54. The van der Waals surface area contributed by atoms with E-state index in [4.69, 9.17) is 0 Å². The Morgan fingerprint density at radius 2 is 1.84 bits per heavy atom. The van der Waals surface area contributed by atoms with Crippen molar-refractivity contribution < 1.29 is 13.2 Å². The summed E-state index contributed by atoms with van der Waals surface area (Å²) in [6.45, 7) is 3.12. The number of piperidine rings is 1. The van der Waals surface area contributed by atoms with E-state index in [2.05, 4.69) is 17.6 Å². The molecule has 1 heterocycles. The van der Waals surface area contributed by atoms with Crippen molar-refractivity contribution >= 4 is 16.1 Å². The van der Waals surface area contributed by atoms with E-state index in [9.17, 15) is 13.2 Å². The van der Waals surface area contributed by atoms with Crippen molar-refractivity contribution in [2.75, 3.05) is 19.3 Å². The zero-order chi connectivity index (χ0) is 18.1. The first kappa shape index (κ1) is 19.0. The first-order chi connectivity index (χ1) is 11.8. The van der Waals surface area contributed by atoms with Gasteiger partial charge in [0.25, 0.3) is 0 Å². The monoisotopic (exact) mass is 371 g/mol. The lowest BCUT2D eigenvalue weighted by Crippen LogP contribution is -2.59. The fourth-order valence-corrected chi connectivity index (χ4v) is 6.18. The Morgan fingerprint density at radius 3 is 2.44 bits per heavy atom. The Kier molecular flexibility index (Phi) is 5.63. The van der Waals surface area contributed by atoms with Gasteiger partial charge in [-0.3, -0.25) is 0 Å². The third-order valence-electron chi connectivity index (χ3n) is 6.49. The van der Waals surface area contributed by atoms with Crippen molar-refractivity contribution in [1.29, 1.82) is 0 Å². The Bertz CT molecular complexity index is 580. The van der Waals surface area contributed by atoms with Crippen LogP contribution in [0.15, 0.2) is 0 Å². The zero-order valence-corrected chi connectivity index (χ0v) is 16.4. The Morgan fingerprint density at radius 1 is 1.16 bits per heavy atom. The number of hydrogen-bond acceptors (Lipinski definition) is 3. The maximum absolute atomic E-state index is 12.6. The van der Waals surface area contributed by atoms with Crippen LogP contribution in [0.3, 0.4) is 0 Å². The fraction of sp³-hybridized carbons (Fsp3) is 0.944. The maximum atomic E-state index is 12.6. The third kappa shape index (κ3) is 4.67. The van der Waals surface area contributed by atoms with Gasteiger partial charge in [0.15, 0.2) is 0 Å². The number of urea groups is 1. The molecule has 3 atom stereocenters. The molecule has 0 aromatic carbocycles. The SMILES string of the molecule is CCC1(NC(=O)NC2CCCN(S(C)(=O)=O)C2)CC2CCCC(C2)C1. The minimum atomic E-state index is -3.19. The highest BCUT2D eigenvalue weighted by atomic mass is 32.2. The van der Waals surface area contributed by atoms with E-state index in [1.807, 2.05) is 0 Å². The van der Waals surface area contributed by atoms with E-state index in [1.54, 1.807) is 0 Å². The third-order valence-corrected chi connectivity index (χ3v) is 7.76. The highest BCUT2D eigenvalue weighted by molar-refractivity contribution is 7.88. The first-order valence-corrected chi connectivity index (χ1v) is 11.7. The maximum Gasteiger partial charge on any atom is 0.315 e. The molecule has 2 N–H and O–H groups in total.